The quantitative estimate of drug-likeness (QED) is 0.774. The highest BCUT2D eigenvalue weighted by Crippen LogP contribution is 2.63. The van der Waals surface area contributed by atoms with E-state index >= 15 is 0 Å². The Kier molecular flexibility index (Phi) is 2.58. The lowest BCUT2D eigenvalue weighted by atomic mass is 9.46. The zero-order valence-electron chi connectivity index (χ0n) is 10.9. The highest BCUT2D eigenvalue weighted by atomic mass is 14.7. The normalized spacial score (nSPS) is 49.3. The first-order chi connectivity index (χ1) is 7.63. The Balaban J connectivity index is 1.82. The summed E-state index contributed by atoms with van der Waals surface area (Å²) in [6, 6.07) is 0.441. The van der Waals surface area contributed by atoms with Crippen LogP contribution in [0.4, 0.5) is 0 Å². The molecule has 2 atom stereocenters. The predicted molar refractivity (Wildman–Crippen MR) is 68.0 cm³/mol. The summed E-state index contributed by atoms with van der Waals surface area (Å²) in [5, 5.41) is 0. The van der Waals surface area contributed by atoms with Crippen molar-refractivity contribution in [2.24, 2.45) is 34.8 Å². The van der Waals surface area contributed by atoms with Gasteiger partial charge in [0.25, 0.3) is 0 Å². The van der Waals surface area contributed by atoms with Crippen LogP contribution in [0.5, 0.6) is 0 Å². The van der Waals surface area contributed by atoms with E-state index in [1.165, 1.54) is 19.3 Å². The second-order valence-electron chi connectivity index (χ2n) is 7.14. The van der Waals surface area contributed by atoms with Crippen molar-refractivity contribution in [3.8, 4) is 0 Å². The Hall–Kier alpha value is -0.0400. The van der Waals surface area contributed by atoms with Gasteiger partial charge in [-0.3, -0.25) is 0 Å². The molecule has 4 bridgehead atoms. The zero-order chi connectivity index (χ0) is 11.3. The Morgan fingerprint density at radius 1 is 1.06 bits per heavy atom. The molecule has 0 radical (unpaired) electrons. The summed E-state index contributed by atoms with van der Waals surface area (Å²) in [7, 11) is 0. The van der Waals surface area contributed by atoms with Gasteiger partial charge in [-0.25, -0.2) is 0 Å². The fraction of sp³-hybridized carbons (Fsp3) is 1.00. The van der Waals surface area contributed by atoms with Gasteiger partial charge in [-0.15, -0.1) is 0 Å². The third kappa shape index (κ3) is 1.54. The molecular formula is C15H27N. The van der Waals surface area contributed by atoms with E-state index in [1.54, 1.807) is 19.3 Å². The molecule has 0 aromatic rings. The van der Waals surface area contributed by atoms with Gasteiger partial charge >= 0.3 is 0 Å². The van der Waals surface area contributed by atoms with Crippen LogP contribution in [0.3, 0.4) is 0 Å². The number of rotatable bonds is 3. The summed E-state index contributed by atoms with van der Waals surface area (Å²) < 4.78 is 0. The highest BCUT2D eigenvalue weighted by molar-refractivity contribution is 5.04. The topological polar surface area (TPSA) is 26.0 Å². The van der Waals surface area contributed by atoms with E-state index in [2.05, 4.69) is 13.8 Å². The molecule has 2 N–H and O–H groups in total. The van der Waals surface area contributed by atoms with Crippen LogP contribution in [0.15, 0.2) is 0 Å². The number of hydrogen-bond acceptors (Lipinski definition) is 1. The molecule has 0 aromatic heterocycles. The van der Waals surface area contributed by atoms with E-state index in [4.69, 9.17) is 5.73 Å². The maximum absolute atomic E-state index is 6.34. The molecular weight excluding hydrogens is 194 g/mol. The number of nitrogens with two attached hydrogens (primary N) is 1. The second kappa shape index (κ2) is 3.73. The van der Waals surface area contributed by atoms with Crippen molar-refractivity contribution >= 4 is 0 Å². The highest BCUT2D eigenvalue weighted by Gasteiger charge is 2.53. The predicted octanol–water partition coefficient (Wildman–Crippen LogP) is 3.58. The largest absolute Gasteiger partial charge is 0.327 e. The van der Waals surface area contributed by atoms with Gasteiger partial charge in [-0.2, -0.15) is 0 Å². The average molecular weight is 221 g/mol. The first-order valence-corrected chi connectivity index (χ1v) is 7.38. The molecule has 4 fully saturated rings. The van der Waals surface area contributed by atoms with Crippen LogP contribution < -0.4 is 5.73 Å². The average Bonchev–Trinajstić information content (AvgIpc) is 2.25. The van der Waals surface area contributed by atoms with Gasteiger partial charge in [-0.1, -0.05) is 13.8 Å². The van der Waals surface area contributed by atoms with Crippen LogP contribution in [0.2, 0.25) is 0 Å². The van der Waals surface area contributed by atoms with Crippen molar-refractivity contribution < 1.29 is 0 Å². The Morgan fingerprint density at radius 2 is 1.50 bits per heavy atom. The zero-order valence-corrected chi connectivity index (χ0v) is 10.9. The first kappa shape index (κ1) is 11.1. The van der Waals surface area contributed by atoms with Crippen LogP contribution in [0.1, 0.15) is 58.8 Å². The van der Waals surface area contributed by atoms with Gasteiger partial charge in [-0.05, 0) is 74.0 Å². The third-order valence-electron chi connectivity index (χ3n) is 6.17. The SMILES string of the molecule is CCC(N)C(C)C12CC3CC(CC(C3)C1)C2. The lowest BCUT2D eigenvalue weighted by molar-refractivity contribution is -0.0884. The Morgan fingerprint density at radius 3 is 1.88 bits per heavy atom. The molecule has 0 aromatic carbocycles. The van der Waals surface area contributed by atoms with Gasteiger partial charge in [0.05, 0.1) is 0 Å². The van der Waals surface area contributed by atoms with Gasteiger partial charge in [0.2, 0.25) is 0 Å². The molecule has 4 aliphatic rings. The smallest absolute Gasteiger partial charge is 0.00672 e. The molecule has 0 aliphatic heterocycles. The molecule has 16 heavy (non-hydrogen) atoms. The van der Waals surface area contributed by atoms with Crippen LogP contribution >= 0.6 is 0 Å². The van der Waals surface area contributed by atoms with Crippen molar-refractivity contribution in [1.29, 1.82) is 0 Å². The van der Waals surface area contributed by atoms with E-state index in [1.807, 2.05) is 0 Å². The summed E-state index contributed by atoms with van der Waals surface area (Å²) in [4.78, 5) is 0. The van der Waals surface area contributed by atoms with Crippen molar-refractivity contribution in [2.45, 2.75) is 64.8 Å². The van der Waals surface area contributed by atoms with Crippen molar-refractivity contribution in [1.82, 2.24) is 0 Å². The standard InChI is InChI=1S/C15H27N/c1-3-14(16)10(2)15-7-11-4-12(8-15)6-13(5-11)9-15/h10-14H,3-9,16H2,1-2H3. The summed E-state index contributed by atoms with van der Waals surface area (Å²) >= 11 is 0. The lowest BCUT2D eigenvalue weighted by Crippen LogP contribution is -2.52. The minimum Gasteiger partial charge on any atom is -0.327 e. The summed E-state index contributed by atoms with van der Waals surface area (Å²) in [6.45, 7) is 4.70. The molecule has 1 heteroatoms. The molecule has 4 rings (SSSR count). The van der Waals surface area contributed by atoms with Gasteiger partial charge in [0.15, 0.2) is 0 Å². The third-order valence-corrected chi connectivity index (χ3v) is 6.17. The van der Waals surface area contributed by atoms with Crippen LogP contribution in [-0.4, -0.2) is 6.04 Å². The van der Waals surface area contributed by atoms with Crippen molar-refractivity contribution in [2.75, 3.05) is 0 Å². The second-order valence-corrected chi connectivity index (χ2v) is 7.14. The summed E-state index contributed by atoms with van der Waals surface area (Å²) in [6.07, 6.45) is 10.3. The maximum atomic E-state index is 6.34. The van der Waals surface area contributed by atoms with E-state index in [0.29, 0.717) is 11.5 Å². The van der Waals surface area contributed by atoms with Crippen LogP contribution in [-0.2, 0) is 0 Å². The molecule has 92 valence electrons. The number of hydrogen-bond donors (Lipinski definition) is 1. The molecule has 1 nitrogen and oxygen atoms in total. The Labute approximate surface area is 100 Å². The van der Waals surface area contributed by atoms with E-state index in [0.717, 1.165) is 30.1 Å². The van der Waals surface area contributed by atoms with E-state index in [9.17, 15) is 0 Å². The van der Waals surface area contributed by atoms with Crippen LogP contribution in [0.25, 0.3) is 0 Å². The van der Waals surface area contributed by atoms with Crippen LogP contribution in [0, 0.1) is 29.1 Å². The monoisotopic (exact) mass is 221 g/mol. The van der Waals surface area contributed by atoms with Crippen molar-refractivity contribution in [3.05, 3.63) is 0 Å². The lowest BCUT2D eigenvalue weighted by Gasteiger charge is -2.60. The van der Waals surface area contributed by atoms with Gasteiger partial charge in [0, 0.05) is 6.04 Å². The molecule has 0 spiro atoms. The maximum Gasteiger partial charge on any atom is 0.00672 e. The summed E-state index contributed by atoms with van der Waals surface area (Å²) in [5.74, 6) is 3.96. The first-order valence-electron chi connectivity index (χ1n) is 7.38. The Bertz CT molecular complexity index is 235. The van der Waals surface area contributed by atoms with E-state index in [-0.39, 0.29) is 0 Å². The molecule has 4 aliphatic carbocycles. The fourth-order valence-corrected chi connectivity index (χ4v) is 5.54. The summed E-state index contributed by atoms with van der Waals surface area (Å²) in [5.41, 5.74) is 6.99. The molecule has 4 saturated carbocycles. The molecule has 0 heterocycles. The van der Waals surface area contributed by atoms with Gasteiger partial charge in [0.1, 0.15) is 0 Å². The minimum absolute atomic E-state index is 0.441. The van der Waals surface area contributed by atoms with Crippen molar-refractivity contribution in [3.63, 3.8) is 0 Å². The molecule has 0 amide bonds. The fourth-order valence-electron chi connectivity index (χ4n) is 5.54. The minimum atomic E-state index is 0.441. The molecule has 0 saturated heterocycles. The molecule has 2 unspecified atom stereocenters. The van der Waals surface area contributed by atoms with E-state index < -0.39 is 0 Å². The van der Waals surface area contributed by atoms with Gasteiger partial charge < -0.3 is 5.73 Å².